The number of fused-ring (bicyclic) bond motifs is 1. The summed E-state index contributed by atoms with van der Waals surface area (Å²) in [4.78, 5) is 15.8. The van der Waals surface area contributed by atoms with Crippen molar-refractivity contribution in [3.05, 3.63) is 12.5 Å². The lowest BCUT2D eigenvalue weighted by Gasteiger charge is -2.33. The third kappa shape index (κ3) is 7.72. The quantitative estimate of drug-likeness (QED) is 0.188. The molecule has 3 N–H and O–H groups in total. The SMILES string of the molecule is CCNC(=NCC1CN(CC(C)C)CCO1)NCCNc1ncnc2c1cnn2C.I. The van der Waals surface area contributed by atoms with E-state index in [2.05, 4.69) is 56.7 Å². The fourth-order valence-corrected chi connectivity index (χ4v) is 3.57. The highest BCUT2D eigenvalue weighted by Crippen LogP contribution is 2.17. The van der Waals surface area contributed by atoms with Crippen molar-refractivity contribution < 1.29 is 4.74 Å². The molecule has 0 spiro atoms. The van der Waals surface area contributed by atoms with E-state index in [-0.39, 0.29) is 30.1 Å². The first kappa shape index (κ1) is 25.5. The van der Waals surface area contributed by atoms with Crippen molar-refractivity contribution in [3.8, 4) is 0 Å². The predicted molar refractivity (Wildman–Crippen MR) is 135 cm³/mol. The number of rotatable bonds is 9. The number of hydrogen-bond acceptors (Lipinski definition) is 7. The second kappa shape index (κ2) is 13.0. The van der Waals surface area contributed by atoms with Crippen LogP contribution in [-0.4, -0.2) is 89.1 Å². The van der Waals surface area contributed by atoms with E-state index in [0.29, 0.717) is 25.6 Å². The maximum Gasteiger partial charge on any atom is 0.191 e. The van der Waals surface area contributed by atoms with Crippen LogP contribution in [0.15, 0.2) is 17.5 Å². The fraction of sp³-hybridized carbons (Fsp3) is 0.700. The third-order valence-corrected chi connectivity index (χ3v) is 4.88. The molecule has 3 heterocycles. The van der Waals surface area contributed by atoms with Crippen LogP contribution >= 0.6 is 24.0 Å². The normalized spacial score (nSPS) is 17.6. The highest BCUT2D eigenvalue weighted by Gasteiger charge is 2.20. The molecule has 0 saturated carbocycles. The number of aryl methyl sites for hydroxylation is 1. The molecule has 1 saturated heterocycles. The van der Waals surface area contributed by atoms with Crippen molar-refractivity contribution >= 4 is 46.8 Å². The third-order valence-electron chi connectivity index (χ3n) is 4.88. The summed E-state index contributed by atoms with van der Waals surface area (Å²) in [6.45, 7) is 13.3. The van der Waals surface area contributed by atoms with Gasteiger partial charge in [0.2, 0.25) is 0 Å². The molecule has 3 rings (SSSR count). The van der Waals surface area contributed by atoms with Gasteiger partial charge >= 0.3 is 0 Å². The number of hydrogen-bond donors (Lipinski definition) is 3. The Kier molecular flexibility index (Phi) is 10.7. The molecular formula is C20H36IN9O. The molecule has 10 nitrogen and oxygen atoms in total. The minimum absolute atomic E-state index is 0. The van der Waals surface area contributed by atoms with Crippen LogP contribution in [0.25, 0.3) is 11.0 Å². The molecule has 31 heavy (non-hydrogen) atoms. The van der Waals surface area contributed by atoms with E-state index in [0.717, 1.165) is 55.6 Å². The highest BCUT2D eigenvalue weighted by molar-refractivity contribution is 14.0. The molecule has 174 valence electrons. The Morgan fingerprint density at radius 1 is 1.29 bits per heavy atom. The Balaban J connectivity index is 0.00000341. The van der Waals surface area contributed by atoms with Crippen LogP contribution in [0.1, 0.15) is 20.8 Å². The van der Waals surface area contributed by atoms with Crippen LogP contribution < -0.4 is 16.0 Å². The van der Waals surface area contributed by atoms with E-state index in [1.54, 1.807) is 17.2 Å². The number of ether oxygens (including phenoxy) is 1. The first-order chi connectivity index (χ1) is 14.6. The summed E-state index contributed by atoms with van der Waals surface area (Å²) in [5.41, 5.74) is 0.814. The average molecular weight is 545 g/mol. The molecule has 2 aromatic rings. The number of guanidine groups is 1. The molecular weight excluding hydrogens is 509 g/mol. The lowest BCUT2D eigenvalue weighted by molar-refractivity contribution is -0.0261. The number of morpholine rings is 1. The Morgan fingerprint density at radius 3 is 2.90 bits per heavy atom. The number of aliphatic imine (C=N–C) groups is 1. The summed E-state index contributed by atoms with van der Waals surface area (Å²) in [6, 6.07) is 0. The van der Waals surface area contributed by atoms with E-state index in [4.69, 9.17) is 9.73 Å². The molecule has 1 aliphatic rings. The van der Waals surface area contributed by atoms with Gasteiger partial charge in [-0.25, -0.2) is 9.97 Å². The van der Waals surface area contributed by atoms with Gasteiger partial charge in [0.05, 0.1) is 30.8 Å². The summed E-state index contributed by atoms with van der Waals surface area (Å²) >= 11 is 0. The van der Waals surface area contributed by atoms with E-state index >= 15 is 0 Å². The summed E-state index contributed by atoms with van der Waals surface area (Å²) in [7, 11) is 1.87. The van der Waals surface area contributed by atoms with Gasteiger partial charge in [-0.1, -0.05) is 13.8 Å². The molecule has 2 aromatic heterocycles. The topological polar surface area (TPSA) is 105 Å². The van der Waals surface area contributed by atoms with E-state index in [9.17, 15) is 0 Å². The van der Waals surface area contributed by atoms with Gasteiger partial charge < -0.3 is 20.7 Å². The Morgan fingerprint density at radius 2 is 2.13 bits per heavy atom. The molecule has 0 bridgehead atoms. The van der Waals surface area contributed by atoms with Gasteiger partial charge in [-0.2, -0.15) is 5.10 Å². The number of nitrogens with zero attached hydrogens (tertiary/aromatic N) is 6. The lowest BCUT2D eigenvalue weighted by Crippen LogP contribution is -2.46. The van der Waals surface area contributed by atoms with Crippen LogP contribution in [0.5, 0.6) is 0 Å². The minimum Gasteiger partial charge on any atom is -0.374 e. The zero-order chi connectivity index (χ0) is 21.3. The Labute approximate surface area is 201 Å². The second-order valence-electron chi connectivity index (χ2n) is 7.95. The fourth-order valence-electron chi connectivity index (χ4n) is 3.57. The first-order valence-electron chi connectivity index (χ1n) is 10.8. The smallest absolute Gasteiger partial charge is 0.191 e. The largest absolute Gasteiger partial charge is 0.374 e. The summed E-state index contributed by atoms with van der Waals surface area (Å²) < 4.78 is 7.65. The van der Waals surface area contributed by atoms with Gasteiger partial charge in [0.25, 0.3) is 0 Å². The zero-order valence-electron chi connectivity index (χ0n) is 19.0. The predicted octanol–water partition coefficient (Wildman–Crippen LogP) is 1.31. The van der Waals surface area contributed by atoms with Crippen molar-refractivity contribution in [1.82, 2.24) is 35.3 Å². The number of anilines is 1. The summed E-state index contributed by atoms with van der Waals surface area (Å²) in [5, 5.41) is 15.2. The molecule has 1 fully saturated rings. The minimum atomic E-state index is 0. The van der Waals surface area contributed by atoms with Gasteiger partial charge in [-0.15, -0.1) is 24.0 Å². The monoisotopic (exact) mass is 545 g/mol. The van der Waals surface area contributed by atoms with Gasteiger partial charge in [-0.05, 0) is 12.8 Å². The van der Waals surface area contributed by atoms with Gasteiger partial charge in [-0.3, -0.25) is 14.6 Å². The van der Waals surface area contributed by atoms with Crippen molar-refractivity contribution in [3.63, 3.8) is 0 Å². The van der Waals surface area contributed by atoms with Crippen molar-refractivity contribution in [2.75, 3.05) is 57.7 Å². The molecule has 1 unspecified atom stereocenters. The van der Waals surface area contributed by atoms with Crippen LogP contribution in [-0.2, 0) is 11.8 Å². The van der Waals surface area contributed by atoms with Crippen molar-refractivity contribution in [2.24, 2.45) is 18.0 Å². The average Bonchev–Trinajstić information content (AvgIpc) is 3.11. The molecule has 0 amide bonds. The molecule has 0 aliphatic carbocycles. The lowest BCUT2D eigenvalue weighted by atomic mass is 10.2. The van der Waals surface area contributed by atoms with Crippen molar-refractivity contribution in [1.29, 1.82) is 0 Å². The maximum atomic E-state index is 5.91. The Bertz CT molecular complexity index is 826. The number of halogens is 1. The Hall–Kier alpha value is -1.73. The molecule has 1 atom stereocenters. The van der Waals surface area contributed by atoms with Crippen LogP contribution in [0.2, 0.25) is 0 Å². The van der Waals surface area contributed by atoms with E-state index in [1.165, 1.54) is 0 Å². The second-order valence-corrected chi connectivity index (χ2v) is 7.95. The van der Waals surface area contributed by atoms with E-state index in [1.807, 2.05) is 7.05 Å². The summed E-state index contributed by atoms with van der Waals surface area (Å²) in [5.74, 6) is 2.26. The number of aromatic nitrogens is 4. The highest BCUT2D eigenvalue weighted by atomic mass is 127. The standard InChI is InChI=1S/C20H35N9O.HI/c1-5-21-20(24-10-16-13-29(8-9-30-16)12-15(2)3)23-7-6-22-18-17-11-27-28(4)19(17)26-14-25-18;/h11,14-16H,5-10,12-13H2,1-4H3,(H2,21,23,24)(H,22,25,26);1H. The van der Waals surface area contributed by atoms with Crippen LogP contribution in [0.4, 0.5) is 5.82 Å². The molecule has 1 aliphatic heterocycles. The van der Waals surface area contributed by atoms with Crippen LogP contribution in [0.3, 0.4) is 0 Å². The van der Waals surface area contributed by atoms with Gasteiger partial charge in [0, 0.05) is 46.3 Å². The molecule has 0 radical (unpaired) electrons. The molecule has 0 aromatic carbocycles. The summed E-state index contributed by atoms with van der Waals surface area (Å²) in [6.07, 6.45) is 3.48. The van der Waals surface area contributed by atoms with Crippen molar-refractivity contribution in [2.45, 2.75) is 26.9 Å². The van der Waals surface area contributed by atoms with Gasteiger partial charge in [0.15, 0.2) is 11.6 Å². The zero-order valence-corrected chi connectivity index (χ0v) is 21.3. The van der Waals surface area contributed by atoms with E-state index < -0.39 is 0 Å². The molecule has 11 heteroatoms. The number of nitrogens with one attached hydrogen (secondary N) is 3. The van der Waals surface area contributed by atoms with Gasteiger partial charge in [0.1, 0.15) is 12.1 Å². The van der Waals surface area contributed by atoms with Crippen LogP contribution in [0, 0.1) is 5.92 Å². The first-order valence-corrected chi connectivity index (χ1v) is 10.8. The maximum absolute atomic E-state index is 5.91.